The van der Waals surface area contributed by atoms with Crippen molar-refractivity contribution in [2.45, 2.75) is 0 Å². The van der Waals surface area contributed by atoms with E-state index in [9.17, 15) is 0 Å². The Kier molecular flexibility index (Phi) is 11.8. The number of halogens is 1. The Hall–Kier alpha value is -2.74. The molecule has 0 bridgehead atoms. The molecule has 0 amide bonds. The Balaban J connectivity index is 0.000000247. The fourth-order valence-electron chi connectivity index (χ4n) is 4.18. The SMILES string of the molecule is O=CO.[Cl][Sn]([c]1ccccc1)([c]1ccccc1)[c]1ccccc1.[H-].[Na+].c1cnc2c(c1)ccc1cccnc12. The number of hydrogen-bond donors (Lipinski definition) is 1. The summed E-state index contributed by atoms with van der Waals surface area (Å²) in [6.07, 6.45) is 3.60. The number of nitrogens with zero attached hydrogens (tertiary/aromatic N) is 2. The first kappa shape index (κ1) is 29.8. The van der Waals surface area contributed by atoms with Crippen LogP contribution in [0.2, 0.25) is 0 Å². The van der Waals surface area contributed by atoms with E-state index >= 15 is 0 Å². The van der Waals surface area contributed by atoms with Gasteiger partial charge in [-0.15, -0.1) is 0 Å². The minimum Gasteiger partial charge on any atom is -1.00 e. The zero-order valence-electron chi connectivity index (χ0n) is 22.0. The molecule has 38 heavy (non-hydrogen) atoms. The molecule has 0 radical (unpaired) electrons. The molecule has 0 aliphatic carbocycles. The second kappa shape index (κ2) is 15.0. The molecule has 6 aromatic rings. The van der Waals surface area contributed by atoms with Gasteiger partial charge in [-0.05, 0) is 12.1 Å². The second-order valence-electron chi connectivity index (χ2n) is 8.08. The van der Waals surface area contributed by atoms with Crippen molar-refractivity contribution < 1.29 is 40.9 Å². The van der Waals surface area contributed by atoms with Crippen molar-refractivity contribution in [3.63, 3.8) is 0 Å². The van der Waals surface area contributed by atoms with E-state index in [0.717, 1.165) is 21.8 Å². The molecule has 1 N–H and O–H groups in total. The number of fused-ring (bicyclic) bond motifs is 3. The first-order valence-corrected chi connectivity index (χ1v) is 19.6. The van der Waals surface area contributed by atoms with Gasteiger partial charge in [0.1, 0.15) is 0 Å². The summed E-state index contributed by atoms with van der Waals surface area (Å²) >= 11 is -3.30. The van der Waals surface area contributed by atoms with Crippen molar-refractivity contribution in [3.05, 3.63) is 140 Å². The summed E-state index contributed by atoms with van der Waals surface area (Å²) in [6.45, 7) is -0.250. The maximum Gasteiger partial charge on any atom is 1.00 e. The summed E-state index contributed by atoms with van der Waals surface area (Å²) in [6, 6.07) is 43.8. The average Bonchev–Trinajstić information content (AvgIpc) is 2.99. The predicted octanol–water partition coefficient (Wildman–Crippen LogP) is 2.49. The molecule has 2 aromatic heterocycles. The van der Waals surface area contributed by atoms with Gasteiger partial charge in [0, 0.05) is 23.2 Å². The van der Waals surface area contributed by atoms with Crippen LogP contribution in [-0.2, 0) is 4.79 Å². The van der Waals surface area contributed by atoms with Crippen LogP contribution in [0.5, 0.6) is 0 Å². The third kappa shape index (κ3) is 7.01. The number of pyridine rings is 2. The van der Waals surface area contributed by atoms with Crippen molar-refractivity contribution in [2.75, 3.05) is 0 Å². The van der Waals surface area contributed by atoms with Crippen molar-refractivity contribution >= 4 is 65.2 Å². The number of aromatic nitrogens is 2. The third-order valence-electron chi connectivity index (χ3n) is 5.86. The van der Waals surface area contributed by atoms with Crippen molar-refractivity contribution in [1.82, 2.24) is 9.97 Å². The number of carboxylic acid groups (broad SMARTS) is 1. The maximum atomic E-state index is 8.36. The zero-order valence-corrected chi connectivity index (χ0v) is 26.6. The Morgan fingerprint density at radius 2 is 0.895 bits per heavy atom. The minimum absolute atomic E-state index is 0. The van der Waals surface area contributed by atoms with Crippen LogP contribution in [0.25, 0.3) is 21.8 Å². The summed E-state index contributed by atoms with van der Waals surface area (Å²) in [5.41, 5.74) is 1.95. The molecule has 0 spiro atoms. The van der Waals surface area contributed by atoms with E-state index in [4.69, 9.17) is 18.8 Å². The Bertz CT molecular complexity index is 1430. The van der Waals surface area contributed by atoms with Crippen LogP contribution in [0.3, 0.4) is 0 Å². The first-order chi connectivity index (χ1) is 18.2. The van der Waals surface area contributed by atoms with Gasteiger partial charge in [0.05, 0.1) is 11.0 Å². The topological polar surface area (TPSA) is 63.1 Å². The predicted molar refractivity (Wildman–Crippen MR) is 157 cm³/mol. The number of benzene rings is 4. The molecule has 0 atom stereocenters. The van der Waals surface area contributed by atoms with Crippen LogP contribution < -0.4 is 40.3 Å². The molecule has 0 unspecified atom stereocenters. The van der Waals surface area contributed by atoms with Crippen LogP contribution in [0.4, 0.5) is 0 Å². The second-order valence-corrected chi connectivity index (χ2v) is 20.6. The molecule has 0 aliphatic heterocycles. The van der Waals surface area contributed by atoms with E-state index in [1.165, 1.54) is 10.7 Å². The molecular weight excluding hydrogens is 610 g/mol. The first-order valence-electron chi connectivity index (χ1n) is 11.7. The minimum atomic E-state index is -3.30. The van der Waals surface area contributed by atoms with E-state index in [0.29, 0.717) is 0 Å². The van der Waals surface area contributed by atoms with Gasteiger partial charge in [-0.2, -0.15) is 0 Å². The summed E-state index contributed by atoms with van der Waals surface area (Å²) < 4.78 is 3.88. The van der Waals surface area contributed by atoms with Crippen LogP contribution in [0, 0.1) is 0 Å². The summed E-state index contributed by atoms with van der Waals surface area (Å²) in [4.78, 5) is 17.1. The molecule has 0 saturated heterocycles. The third-order valence-corrected chi connectivity index (χ3v) is 19.9. The molecule has 6 rings (SSSR count). The van der Waals surface area contributed by atoms with Gasteiger partial charge in [-0.3, -0.25) is 14.8 Å². The number of carbonyl (C=O) groups is 1. The van der Waals surface area contributed by atoms with Gasteiger partial charge in [0.15, 0.2) is 0 Å². The van der Waals surface area contributed by atoms with Crippen LogP contribution in [-0.4, -0.2) is 38.8 Å². The summed E-state index contributed by atoms with van der Waals surface area (Å²) in [5, 5.41) is 9.16. The Morgan fingerprint density at radius 1 is 0.579 bits per heavy atom. The monoisotopic (exact) mass is 636 g/mol. The smallest absolute Gasteiger partial charge is 1.00 e. The Morgan fingerprint density at radius 3 is 1.21 bits per heavy atom. The molecule has 0 fully saturated rings. The standard InChI is InChI=1S/C12H8N2.3C6H5.CH2O2.ClH.Na.Sn.H/c1-3-9-5-6-10-4-2-8-14-12(10)11(9)13-7-1;3*1-2-4-6-5-3-1;2-1-3;;;;/h1-8H;3*1-5H;1H,(H,2,3);1H;;;/q;;;;;;2*+1;-1/p-1. The quantitative estimate of drug-likeness (QED) is 0.185. The molecule has 0 aliphatic rings. The van der Waals surface area contributed by atoms with Gasteiger partial charge in [-0.1, -0.05) is 24.3 Å². The molecule has 4 aromatic carbocycles. The molecular formula is C31H26ClN2NaO2Sn. The van der Waals surface area contributed by atoms with Gasteiger partial charge >= 0.3 is 157 Å². The summed E-state index contributed by atoms with van der Waals surface area (Å²) in [5.74, 6) is 0. The van der Waals surface area contributed by atoms with Crippen LogP contribution in [0.1, 0.15) is 1.43 Å². The fraction of sp³-hybridized carbons (Fsp3) is 0. The normalized spacial score (nSPS) is 10.2. The Labute approximate surface area is 253 Å². The molecule has 184 valence electrons. The van der Waals surface area contributed by atoms with Gasteiger partial charge in [-0.25, -0.2) is 0 Å². The molecule has 0 saturated carbocycles. The largest absolute Gasteiger partial charge is 1.00 e. The maximum absolute atomic E-state index is 8.36. The van der Waals surface area contributed by atoms with Gasteiger partial charge in [0.25, 0.3) is 6.47 Å². The van der Waals surface area contributed by atoms with Crippen molar-refractivity contribution in [2.24, 2.45) is 0 Å². The van der Waals surface area contributed by atoms with Crippen LogP contribution >= 0.6 is 8.92 Å². The number of rotatable bonds is 3. The molecule has 7 heteroatoms. The van der Waals surface area contributed by atoms with Gasteiger partial charge in [0.2, 0.25) is 0 Å². The molecule has 4 nitrogen and oxygen atoms in total. The zero-order chi connectivity index (χ0) is 25.9. The molecule has 2 heterocycles. The average molecular weight is 636 g/mol. The van der Waals surface area contributed by atoms with E-state index in [2.05, 4.69) is 107 Å². The summed E-state index contributed by atoms with van der Waals surface area (Å²) in [7, 11) is 7.33. The van der Waals surface area contributed by atoms with Crippen molar-refractivity contribution in [1.29, 1.82) is 0 Å². The van der Waals surface area contributed by atoms with Gasteiger partial charge < -0.3 is 6.53 Å². The fourth-order valence-corrected chi connectivity index (χ4v) is 15.2. The van der Waals surface area contributed by atoms with Crippen LogP contribution in [0.15, 0.2) is 140 Å². The van der Waals surface area contributed by atoms with E-state index < -0.39 is 17.3 Å². The van der Waals surface area contributed by atoms with Crippen molar-refractivity contribution in [3.8, 4) is 0 Å². The van der Waals surface area contributed by atoms with E-state index in [1.54, 1.807) is 12.4 Å². The van der Waals surface area contributed by atoms with E-state index in [-0.39, 0.29) is 37.5 Å². The van der Waals surface area contributed by atoms with E-state index in [1.807, 2.05) is 30.3 Å². The number of hydrogen-bond acceptors (Lipinski definition) is 3.